The van der Waals surface area contributed by atoms with Crippen LogP contribution < -0.4 is 14.4 Å². The molecule has 0 spiro atoms. The molecule has 13 rings (SSSR count). The van der Waals surface area contributed by atoms with Gasteiger partial charge in [-0.15, -0.1) is 11.3 Å². The van der Waals surface area contributed by atoms with Crippen LogP contribution in [-0.4, -0.2) is 14.5 Å². The molecule has 0 bridgehead atoms. The summed E-state index contributed by atoms with van der Waals surface area (Å²) in [7, 11) is 0. The molecule has 0 fully saturated rings. The maximum Gasteiger partial charge on any atom is 0.235 e. The largest absolute Gasteiger partial charge is 0.453 e. The molecule has 8 aromatic carbocycles. The quantitative estimate of drug-likeness (QED) is 0.180. The van der Waals surface area contributed by atoms with Gasteiger partial charge in [0.25, 0.3) is 0 Å². The highest BCUT2D eigenvalue weighted by molar-refractivity contribution is 7.26. The van der Waals surface area contributed by atoms with Gasteiger partial charge in [-0.1, -0.05) is 109 Å². The third-order valence-electron chi connectivity index (χ3n) is 11.4. The number of benzene rings is 8. The highest BCUT2D eigenvalue weighted by Gasteiger charge is 2.35. The van der Waals surface area contributed by atoms with Crippen molar-refractivity contribution in [2.75, 3.05) is 4.90 Å². The summed E-state index contributed by atoms with van der Waals surface area (Å²) in [5.74, 6) is 3.72. The molecule has 11 aromatic rings. The number of hydrogen-bond acceptors (Lipinski definition) is 6. The number of para-hydroxylation sites is 6. The number of aromatic nitrogens is 3. The Hall–Kier alpha value is -7.48. The minimum absolute atomic E-state index is 0.626. The lowest BCUT2D eigenvalue weighted by atomic mass is 9.99. The first-order valence-corrected chi connectivity index (χ1v) is 19.8. The maximum atomic E-state index is 6.63. The summed E-state index contributed by atoms with van der Waals surface area (Å²) < 4.78 is 18.0. The van der Waals surface area contributed by atoms with Crippen LogP contribution in [0.4, 0.5) is 17.1 Å². The Morgan fingerprint density at radius 2 is 1.11 bits per heavy atom. The van der Waals surface area contributed by atoms with E-state index in [1.807, 2.05) is 47.7 Å². The molecule has 7 heteroatoms. The second-order valence-corrected chi connectivity index (χ2v) is 15.6. The third kappa shape index (κ3) is 4.40. The number of nitrogens with zero attached hydrogens (tertiary/aromatic N) is 4. The predicted molar refractivity (Wildman–Crippen MR) is 232 cm³/mol. The summed E-state index contributed by atoms with van der Waals surface area (Å²) in [6, 6.07) is 59.3. The van der Waals surface area contributed by atoms with E-state index in [4.69, 9.17) is 19.4 Å². The van der Waals surface area contributed by atoms with E-state index >= 15 is 0 Å². The van der Waals surface area contributed by atoms with Crippen molar-refractivity contribution in [1.82, 2.24) is 14.5 Å². The summed E-state index contributed by atoms with van der Waals surface area (Å²) in [4.78, 5) is 13.0. The Kier molecular flexibility index (Phi) is 6.23. The zero-order chi connectivity index (χ0) is 37.2. The summed E-state index contributed by atoms with van der Waals surface area (Å²) in [5.41, 5.74) is 9.86. The highest BCUT2D eigenvalue weighted by Crippen LogP contribution is 2.60. The Bertz CT molecular complexity index is 3440. The van der Waals surface area contributed by atoms with Gasteiger partial charge in [0, 0.05) is 41.9 Å². The third-order valence-corrected chi connectivity index (χ3v) is 12.6. The van der Waals surface area contributed by atoms with E-state index in [9.17, 15) is 0 Å². The number of hydrogen-bond donors (Lipinski definition) is 0. The normalized spacial score (nSPS) is 12.8. The van der Waals surface area contributed by atoms with Gasteiger partial charge in [-0.2, -0.15) is 0 Å². The SMILES string of the molecule is c1ccc2c(c1)Oc1cc(-c3ccc4c5ccccc5n(-c5nc(-c6cccc7c6sc6ccccc67)c6ccccc6n5)c4c3)cc3c1N2c1ccccc1O3. The Morgan fingerprint density at radius 1 is 0.456 bits per heavy atom. The summed E-state index contributed by atoms with van der Waals surface area (Å²) in [6.07, 6.45) is 0. The van der Waals surface area contributed by atoms with Crippen LogP contribution in [-0.2, 0) is 0 Å². The molecule has 0 aliphatic carbocycles. The van der Waals surface area contributed by atoms with Crippen molar-refractivity contribution < 1.29 is 9.47 Å². The molecular weight excluding hydrogens is 721 g/mol. The number of thiophene rings is 1. The summed E-state index contributed by atoms with van der Waals surface area (Å²) in [5, 5.41) is 5.79. The van der Waals surface area contributed by atoms with Gasteiger partial charge in [0.1, 0.15) is 5.69 Å². The first kappa shape index (κ1) is 30.8. The van der Waals surface area contributed by atoms with Crippen molar-refractivity contribution in [1.29, 1.82) is 0 Å². The molecule has 0 radical (unpaired) electrons. The van der Waals surface area contributed by atoms with Gasteiger partial charge >= 0.3 is 0 Å². The lowest BCUT2D eigenvalue weighted by molar-refractivity contribution is 0.446. The van der Waals surface area contributed by atoms with Crippen molar-refractivity contribution in [3.05, 3.63) is 170 Å². The van der Waals surface area contributed by atoms with E-state index in [0.717, 1.165) is 95.2 Å². The molecule has 0 N–H and O–H groups in total. The molecule has 2 aliphatic rings. The van der Waals surface area contributed by atoms with E-state index in [-0.39, 0.29) is 0 Å². The monoisotopic (exact) mass is 748 g/mol. The second-order valence-electron chi connectivity index (χ2n) is 14.6. The van der Waals surface area contributed by atoms with E-state index < -0.39 is 0 Å². The van der Waals surface area contributed by atoms with Crippen molar-refractivity contribution in [3.8, 4) is 51.3 Å². The molecule has 266 valence electrons. The zero-order valence-electron chi connectivity index (χ0n) is 30.2. The fraction of sp³-hybridized carbons (Fsp3) is 0. The predicted octanol–water partition coefficient (Wildman–Crippen LogP) is 14.1. The van der Waals surface area contributed by atoms with E-state index in [0.29, 0.717) is 5.95 Å². The minimum Gasteiger partial charge on any atom is -0.453 e. The Balaban J connectivity index is 1.04. The van der Waals surface area contributed by atoms with E-state index in [2.05, 4.69) is 143 Å². The second kappa shape index (κ2) is 11.5. The number of anilines is 3. The number of fused-ring (bicyclic) bond motifs is 11. The molecule has 0 atom stereocenters. The Morgan fingerprint density at radius 3 is 1.91 bits per heavy atom. The van der Waals surface area contributed by atoms with Crippen molar-refractivity contribution in [3.63, 3.8) is 0 Å². The van der Waals surface area contributed by atoms with Crippen LogP contribution >= 0.6 is 11.3 Å². The van der Waals surface area contributed by atoms with Crippen LogP contribution in [0, 0.1) is 0 Å². The van der Waals surface area contributed by atoms with Gasteiger partial charge in [0.05, 0.1) is 33.6 Å². The van der Waals surface area contributed by atoms with Gasteiger partial charge in [-0.05, 0) is 71.8 Å². The smallest absolute Gasteiger partial charge is 0.235 e. The lowest BCUT2D eigenvalue weighted by Gasteiger charge is -2.38. The lowest BCUT2D eigenvalue weighted by Crippen LogP contribution is -2.20. The molecular formula is C50H28N4O2S. The van der Waals surface area contributed by atoms with Crippen LogP contribution in [0.5, 0.6) is 23.0 Å². The van der Waals surface area contributed by atoms with E-state index in [1.54, 1.807) is 0 Å². The first-order valence-electron chi connectivity index (χ1n) is 19.0. The topological polar surface area (TPSA) is 52.4 Å². The van der Waals surface area contributed by atoms with Crippen molar-refractivity contribution >= 4 is 81.3 Å². The Labute approximate surface area is 330 Å². The van der Waals surface area contributed by atoms with Gasteiger partial charge in [-0.25, -0.2) is 9.97 Å². The van der Waals surface area contributed by atoms with Crippen LogP contribution in [0.2, 0.25) is 0 Å². The maximum absolute atomic E-state index is 6.63. The van der Waals surface area contributed by atoms with Gasteiger partial charge in [0.2, 0.25) is 5.95 Å². The molecule has 6 nitrogen and oxygen atoms in total. The number of ether oxygens (including phenoxy) is 2. The molecule has 0 saturated heterocycles. The van der Waals surface area contributed by atoms with Gasteiger partial charge in [0.15, 0.2) is 23.0 Å². The van der Waals surface area contributed by atoms with E-state index in [1.165, 1.54) is 20.2 Å². The van der Waals surface area contributed by atoms with Crippen LogP contribution in [0.25, 0.3) is 81.2 Å². The molecule has 57 heavy (non-hydrogen) atoms. The average molecular weight is 749 g/mol. The standard InChI is InChI=1S/C50H28N4O2S/c1-4-17-37-35(14-1)47(36-16-11-15-34-33-13-3-10-23-46(33)57-49(34)36)52-50(51-37)54-38-18-5-2-12-31(38)32-25-24-29(26-41(32)54)30-27-44-48-45(28-30)56-43-22-9-7-20-40(43)53(48)39-19-6-8-21-42(39)55-44/h1-28H. The average Bonchev–Trinajstić information content (AvgIpc) is 3.81. The minimum atomic E-state index is 0.626. The van der Waals surface area contributed by atoms with Crippen LogP contribution in [0.1, 0.15) is 0 Å². The van der Waals surface area contributed by atoms with Crippen LogP contribution in [0.3, 0.4) is 0 Å². The van der Waals surface area contributed by atoms with Crippen molar-refractivity contribution in [2.24, 2.45) is 0 Å². The zero-order valence-corrected chi connectivity index (χ0v) is 31.0. The van der Waals surface area contributed by atoms with Crippen molar-refractivity contribution in [2.45, 2.75) is 0 Å². The fourth-order valence-electron chi connectivity index (χ4n) is 8.86. The summed E-state index contributed by atoms with van der Waals surface area (Å²) in [6.45, 7) is 0. The fourth-order valence-corrected chi connectivity index (χ4v) is 10.1. The van der Waals surface area contributed by atoms with Gasteiger partial charge < -0.3 is 9.47 Å². The highest BCUT2D eigenvalue weighted by atomic mass is 32.1. The molecule has 0 amide bonds. The summed E-state index contributed by atoms with van der Waals surface area (Å²) >= 11 is 1.82. The molecule has 0 saturated carbocycles. The molecule has 0 unspecified atom stereocenters. The molecule has 3 aromatic heterocycles. The molecule has 5 heterocycles. The first-order chi connectivity index (χ1) is 28.2. The van der Waals surface area contributed by atoms with Crippen LogP contribution in [0.15, 0.2) is 170 Å². The van der Waals surface area contributed by atoms with Gasteiger partial charge in [-0.3, -0.25) is 9.47 Å². The molecule has 2 aliphatic heterocycles. The number of rotatable bonds is 3.